The molecule has 0 aromatic carbocycles. The number of hydrogen-bond donors (Lipinski definition) is 3. The number of imidazole rings is 1. The van der Waals surface area contributed by atoms with Crippen LogP contribution in [0.25, 0.3) is 11.2 Å². The molecule has 0 amide bonds. The van der Waals surface area contributed by atoms with Gasteiger partial charge in [-0.05, 0) is 0 Å². The monoisotopic (exact) mass is 269 g/mol. The Morgan fingerprint density at radius 3 is 2.79 bits per heavy atom. The van der Waals surface area contributed by atoms with Crippen LogP contribution in [0, 0.1) is 0 Å². The van der Waals surface area contributed by atoms with Gasteiger partial charge in [0.15, 0.2) is 17.7 Å². The summed E-state index contributed by atoms with van der Waals surface area (Å²) in [5, 5.41) is 19.5. The normalized spacial score (nSPS) is 31.1. The molecule has 8 nitrogen and oxygen atoms in total. The highest BCUT2D eigenvalue weighted by Crippen LogP contribution is 2.31. The Kier molecular flexibility index (Phi) is 2.81. The molecule has 102 valence electrons. The Morgan fingerprint density at radius 2 is 2.11 bits per heavy atom. The summed E-state index contributed by atoms with van der Waals surface area (Å²) in [7, 11) is 0. The first-order valence-electron chi connectivity index (χ1n) is 5.64. The summed E-state index contributed by atoms with van der Waals surface area (Å²) >= 11 is 0. The average molecular weight is 269 g/mol. The summed E-state index contributed by atoms with van der Waals surface area (Å²) in [5.41, 5.74) is 6.35. The van der Waals surface area contributed by atoms with Crippen LogP contribution in [0.2, 0.25) is 0 Å². The second-order valence-electron chi connectivity index (χ2n) is 4.28. The van der Waals surface area contributed by atoms with Gasteiger partial charge < -0.3 is 20.7 Å². The van der Waals surface area contributed by atoms with Crippen molar-refractivity contribution in [1.82, 2.24) is 19.5 Å². The molecule has 0 aliphatic carbocycles. The minimum Gasteiger partial charge on any atom is -0.387 e. The van der Waals surface area contributed by atoms with Gasteiger partial charge in [0.2, 0.25) is 0 Å². The van der Waals surface area contributed by atoms with E-state index in [-0.39, 0.29) is 5.82 Å². The molecule has 9 heteroatoms. The van der Waals surface area contributed by atoms with E-state index >= 15 is 0 Å². The lowest BCUT2D eigenvalue weighted by Gasteiger charge is -2.16. The highest BCUT2D eigenvalue weighted by molar-refractivity contribution is 5.81. The Balaban J connectivity index is 2.04. The molecule has 1 unspecified atom stereocenters. The van der Waals surface area contributed by atoms with Gasteiger partial charge in [-0.1, -0.05) is 0 Å². The van der Waals surface area contributed by atoms with E-state index in [1.54, 1.807) is 0 Å². The van der Waals surface area contributed by atoms with Gasteiger partial charge in [0, 0.05) is 0 Å². The number of fused-ring (bicyclic) bond motifs is 1. The highest BCUT2D eigenvalue weighted by Gasteiger charge is 2.44. The second kappa shape index (κ2) is 4.37. The maximum Gasteiger partial charge on any atom is 0.167 e. The number of ether oxygens (including phenoxy) is 1. The molecule has 4 atom stereocenters. The van der Waals surface area contributed by atoms with Crippen molar-refractivity contribution in [3.05, 3.63) is 12.7 Å². The highest BCUT2D eigenvalue weighted by atomic mass is 19.1. The van der Waals surface area contributed by atoms with E-state index in [1.807, 2.05) is 0 Å². The molecule has 0 bridgehead atoms. The van der Waals surface area contributed by atoms with Crippen LogP contribution in [0.1, 0.15) is 6.23 Å². The second-order valence-corrected chi connectivity index (χ2v) is 4.28. The average Bonchev–Trinajstić information content (AvgIpc) is 2.94. The van der Waals surface area contributed by atoms with Crippen LogP contribution in [-0.2, 0) is 4.74 Å². The van der Waals surface area contributed by atoms with Gasteiger partial charge in [0.1, 0.15) is 36.8 Å². The number of rotatable bonds is 2. The molecule has 1 fully saturated rings. The fourth-order valence-corrected chi connectivity index (χ4v) is 2.14. The van der Waals surface area contributed by atoms with Crippen LogP contribution in [0.15, 0.2) is 12.7 Å². The predicted octanol–water partition coefficient (Wildman–Crippen LogP) is -1.00. The zero-order chi connectivity index (χ0) is 13.6. The van der Waals surface area contributed by atoms with E-state index in [1.165, 1.54) is 17.2 Å². The van der Waals surface area contributed by atoms with Crippen LogP contribution in [0.4, 0.5) is 10.2 Å². The largest absolute Gasteiger partial charge is 0.387 e. The molecule has 3 heterocycles. The maximum absolute atomic E-state index is 12.6. The van der Waals surface area contributed by atoms with Gasteiger partial charge in [-0.2, -0.15) is 0 Å². The molecule has 19 heavy (non-hydrogen) atoms. The molecule has 0 saturated carbocycles. The van der Waals surface area contributed by atoms with E-state index in [2.05, 4.69) is 15.0 Å². The standard InChI is InChI=1S/C10H12FN5O3/c11-1-4-6(17)7(18)10(19-4)16-3-15-5-8(12)13-2-14-9(5)16/h2-4,6-7,10,17-18H,1H2,(H2,12,13,14)/t4-,6+,7?,10-/m1/s1. The Bertz CT molecular complexity index is 606. The number of anilines is 1. The predicted molar refractivity (Wildman–Crippen MR) is 61.6 cm³/mol. The van der Waals surface area contributed by atoms with Gasteiger partial charge in [-0.15, -0.1) is 0 Å². The van der Waals surface area contributed by atoms with E-state index in [9.17, 15) is 14.6 Å². The summed E-state index contributed by atoms with van der Waals surface area (Å²) in [6, 6.07) is 0. The summed E-state index contributed by atoms with van der Waals surface area (Å²) in [4.78, 5) is 11.8. The summed E-state index contributed by atoms with van der Waals surface area (Å²) in [6.07, 6.45) is -2.00. The molecule has 1 aliphatic rings. The molecule has 4 N–H and O–H groups in total. The van der Waals surface area contributed by atoms with Crippen LogP contribution < -0.4 is 5.73 Å². The Hall–Kier alpha value is -1.84. The van der Waals surface area contributed by atoms with E-state index in [0.717, 1.165) is 0 Å². The molecule has 3 rings (SSSR count). The first kappa shape index (κ1) is 12.2. The van der Waals surface area contributed by atoms with E-state index < -0.39 is 31.2 Å². The third kappa shape index (κ3) is 1.74. The van der Waals surface area contributed by atoms with Crippen molar-refractivity contribution in [2.45, 2.75) is 24.5 Å². The number of alkyl halides is 1. The van der Waals surface area contributed by atoms with Gasteiger partial charge >= 0.3 is 0 Å². The Labute approximate surface area is 106 Å². The van der Waals surface area contributed by atoms with Gasteiger partial charge in [-0.25, -0.2) is 19.3 Å². The van der Waals surface area contributed by atoms with Crippen molar-refractivity contribution in [2.24, 2.45) is 0 Å². The Morgan fingerprint density at radius 1 is 1.32 bits per heavy atom. The van der Waals surface area contributed by atoms with Gasteiger partial charge in [0.05, 0.1) is 6.33 Å². The molecule has 1 aliphatic heterocycles. The van der Waals surface area contributed by atoms with Gasteiger partial charge in [-0.3, -0.25) is 4.57 Å². The molecular formula is C10H12FN5O3. The lowest BCUT2D eigenvalue weighted by molar-refractivity contribution is -0.0409. The van der Waals surface area contributed by atoms with Crippen molar-refractivity contribution >= 4 is 17.0 Å². The number of nitrogens with zero attached hydrogens (tertiary/aromatic N) is 4. The third-order valence-electron chi connectivity index (χ3n) is 3.15. The van der Waals surface area contributed by atoms with Crippen molar-refractivity contribution in [3.63, 3.8) is 0 Å². The summed E-state index contributed by atoms with van der Waals surface area (Å²) in [6.45, 7) is -0.890. The molecule has 1 saturated heterocycles. The van der Waals surface area contributed by atoms with Crippen LogP contribution in [0.3, 0.4) is 0 Å². The van der Waals surface area contributed by atoms with Crippen LogP contribution in [0.5, 0.6) is 0 Å². The quantitative estimate of drug-likeness (QED) is 0.639. The molecular weight excluding hydrogens is 257 g/mol. The lowest BCUT2D eigenvalue weighted by atomic mass is 10.1. The van der Waals surface area contributed by atoms with Crippen LogP contribution >= 0.6 is 0 Å². The number of nitrogens with two attached hydrogens (primary N) is 1. The van der Waals surface area contributed by atoms with E-state index in [0.29, 0.717) is 11.2 Å². The zero-order valence-corrected chi connectivity index (χ0v) is 9.72. The van der Waals surface area contributed by atoms with Crippen molar-refractivity contribution in [1.29, 1.82) is 0 Å². The fourth-order valence-electron chi connectivity index (χ4n) is 2.14. The lowest BCUT2D eigenvalue weighted by Crippen LogP contribution is -2.32. The number of halogens is 1. The maximum atomic E-state index is 12.6. The molecule has 0 spiro atoms. The molecule has 2 aromatic heterocycles. The van der Waals surface area contributed by atoms with Crippen molar-refractivity contribution in [3.8, 4) is 0 Å². The number of aliphatic hydroxyl groups excluding tert-OH is 2. The number of hydrogen-bond acceptors (Lipinski definition) is 7. The first-order chi connectivity index (χ1) is 9.13. The topological polar surface area (TPSA) is 119 Å². The zero-order valence-electron chi connectivity index (χ0n) is 9.72. The number of aliphatic hydroxyl groups is 2. The molecule has 0 radical (unpaired) electrons. The first-order valence-corrected chi connectivity index (χ1v) is 5.64. The summed E-state index contributed by atoms with van der Waals surface area (Å²) in [5.74, 6) is 0.193. The minimum absolute atomic E-state index is 0.193. The van der Waals surface area contributed by atoms with Gasteiger partial charge in [0.25, 0.3) is 0 Å². The van der Waals surface area contributed by atoms with Crippen molar-refractivity contribution in [2.75, 3.05) is 12.4 Å². The number of nitrogen functional groups attached to an aromatic ring is 1. The smallest absolute Gasteiger partial charge is 0.167 e. The third-order valence-corrected chi connectivity index (χ3v) is 3.15. The molecule has 2 aromatic rings. The fraction of sp³-hybridized carbons (Fsp3) is 0.500. The van der Waals surface area contributed by atoms with Crippen molar-refractivity contribution < 1.29 is 19.3 Å². The summed E-state index contributed by atoms with van der Waals surface area (Å²) < 4.78 is 19.3. The minimum atomic E-state index is -1.30. The van der Waals surface area contributed by atoms with Crippen LogP contribution in [-0.4, -0.2) is 54.7 Å². The number of aromatic nitrogens is 4. The SMILES string of the molecule is Nc1ncnc2c1ncn2[C@@H]1O[C@H](CF)[C@H](O)C1O. The van der Waals surface area contributed by atoms with E-state index in [4.69, 9.17) is 10.5 Å².